The molecular weight excluding hydrogens is 677 g/mol. The SMILES string of the molecule is c1ccc2cc(-c3ccc(-c4nc(-c5ccc(-c6cc7ccccc7c7ccccc67)cc5)cc(-c5cc6ccccc6c6ccccc56)n4)cc3)ccc2c1. The summed E-state index contributed by atoms with van der Waals surface area (Å²) in [5.41, 5.74) is 9.64. The molecule has 11 aromatic rings. The van der Waals surface area contributed by atoms with Crippen molar-refractivity contribution in [1.29, 1.82) is 0 Å². The standard InChI is InChI=1S/C54H34N2/c1-2-12-40-31-41(30-23-35(40)11-1)36-21-28-39(29-22-36)54-55-52(34-53(56-54)51-33-43-14-4-6-16-45(43)47-18-8-10-20-49(47)51)38-26-24-37(25-27-38)50-32-42-13-3-5-15-44(42)46-17-7-9-19-48(46)50/h1-34H. The van der Waals surface area contributed by atoms with E-state index in [1.54, 1.807) is 0 Å². The summed E-state index contributed by atoms with van der Waals surface area (Å²) in [6, 6.07) is 74.1. The Labute approximate surface area is 325 Å². The predicted octanol–water partition coefficient (Wildman–Crippen LogP) is 14.6. The summed E-state index contributed by atoms with van der Waals surface area (Å²) in [5.74, 6) is 0.699. The van der Waals surface area contributed by atoms with Gasteiger partial charge in [-0.15, -0.1) is 0 Å². The van der Waals surface area contributed by atoms with Gasteiger partial charge >= 0.3 is 0 Å². The molecule has 10 aromatic carbocycles. The highest BCUT2D eigenvalue weighted by Gasteiger charge is 2.16. The largest absolute Gasteiger partial charge is 0.228 e. The van der Waals surface area contributed by atoms with Crippen LogP contribution in [0.3, 0.4) is 0 Å². The van der Waals surface area contributed by atoms with Crippen LogP contribution in [0, 0.1) is 0 Å². The zero-order valence-corrected chi connectivity index (χ0v) is 30.5. The van der Waals surface area contributed by atoms with Crippen LogP contribution in [-0.4, -0.2) is 9.97 Å². The molecule has 0 N–H and O–H groups in total. The van der Waals surface area contributed by atoms with Gasteiger partial charge in [-0.3, -0.25) is 0 Å². The molecule has 0 amide bonds. The molecule has 2 nitrogen and oxygen atoms in total. The maximum Gasteiger partial charge on any atom is 0.160 e. The minimum Gasteiger partial charge on any atom is -0.228 e. The Bertz CT molecular complexity index is 3290. The molecule has 0 spiro atoms. The molecule has 0 radical (unpaired) electrons. The average molecular weight is 711 g/mol. The van der Waals surface area contributed by atoms with Crippen molar-refractivity contribution in [3.63, 3.8) is 0 Å². The fourth-order valence-electron chi connectivity index (χ4n) is 8.42. The van der Waals surface area contributed by atoms with Gasteiger partial charge in [0, 0.05) is 16.7 Å². The third-order valence-corrected chi connectivity index (χ3v) is 11.3. The summed E-state index contributed by atoms with van der Waals surface area (Å²) in [7, 11) is 0. The van der Waals surface area contributed by atoms with E-state index < -0.39 is 0 Å². The normalized spacial score (nSPS) is 11.6. The molecule has 0 unspecified atom stereocenters. The van der Waals surface area contributed by atoms with Gasteiger partial charge in [-0.2, -0.15) is 0 Å². The number of aromatic nitrogens is 2. The van der Waals surface area contributed by atoms with Crippen molar-refractivity contribution in [2.24, 2.45) is 0 Å². The van der Waals surface area contributed by atoms with Crippen molar-refractivity contribution in [3.8, 4) is 56.2 Å². The topological polar surface area (TPSA) is 25.8 Å². The molecule has 11 rings (SSSR count). The summed E-state index contributed by atoms with van der Waals surface area (Å²) in [6.45, 7) is 0. The summed E-state index contributed by atoms with van der Waals surface area (Å²) in [5, 5.41) is 12.3. The van der Waals surface area contributed by atoms with Crippen molar-refractivity contribution in [1.82, 2.24) is 9.97 Å². The van der Waals surface area contributed by atoms with Gasteiger partial charge in [0.05, 0.1) is 11.4 Å². The van der Waals surface area contributed by atoms with Crippen molar-refractivity contribution < 1.29 is 0 Å². The van der Waals surface area contributed by atoms with Gasteiger partial charge in [-0.1, -0.05) is 182 Å². The molecule has 0 aliphatic rings. The molecule has 1 aromatic heterocycles. The Balaban J connectivity index is 1.06. The highest BCUT2D eigenvalue weighted by atomic mass is 14.9. The molecule has 0 aliphatic heterocycles. The van der Waals surface area contributed by atoms with Crippen LogP contribution in [0.4, 0.5) is 0 Å². The van der Waals surface area contributed by atoms with E-state index in [4.69, 9.17) is 9.97 Å². The van der Waals surface area contributed by atoms with Crippen molar-refractivity contribution in [2.75, 3.05) is 0 Å². The first-order valence-corrected chi connectivity index (χ1v) is 19.1. The molecule has 0 bridgehead atoms. The third kappa shape index (κ3) is 5.51. The number of hydrogen-bond donors (Lipinski definition) is 0. The van der Waals surface area contributed by atoms with Gasteiger partial charge in [0.25, 0.3) is 0 Å². The third-order valence-electron chi connectivity index (χ3n) is 11.3. The number of hydrogen-bond acceptors (Lipinski definition) is 2. The second-order valence-electron chi connectivity index (χ2n) is 14.6. The van der Waals surface area contributed by atoms with Gasteiger partial charge in [-0.05, 0) is 100 Å². The van der Waals surface area contributed by atoms with E-state index in [1.807, 2.05) is 0 Å². The Morgan fingerprint density at radius 3 is 1.34 bits per heavy atom. The molecule has 2 heteroatoms. The lowest BCUT2D eigenvalue weighted by Gasteiger charge is -2.14. The van der Waals surface area contributed by atoms with Crippen LogP contribution >= 0.6 is 0 Å². The first kappa shape index (κ1) is 32.0. The lowest BCUT2D eigenvalue weighted by molar-refractivity contribution is 1.19. The van der Waals surface area contributed by atoms with Gasteiger partial charge in [0.2, 0.25) is 0 Å². The zero-order chi connectivity index (χ0) is 37.0. The van der Waals surface area contributed by atoms with Crippen LogP contribution in [0.15, 0.2) is 206 Å². The summed E-state index contributed by atoms with van der Waals surface area (Å²) in [6.07, 6.45) is 0. The fraction of sp³-hybridized carbons (Fsp3) is 0. The number of benzene rings is 10. The maximum atomic E-state index is 5.32. The molecular formula is C54H34N2. The number of rotatable bonds is 5. The second kappa shape index (κ2) is 13.2. The van der Waals surface area contributed by atoms with Crippen LogP contribution in [0.2, 0.25) is 0 Å². The summed E-state index contributed by atoms with van der Waals surface area (Å²) < 4.78 is 0. The first-order valence-electron chi connectivity index (χ1n) is 19.1. The Morgan fingerprint density at radius 2 is 0.679 bits per heavy atom. The Morgan fingerprint density at radius 1 is 0.232 bits per heavy atom. The van der Waals surface area contributed by atoms with E-state index in [2.05, 4.69) is 206 Å². The molecule has 260 valence electrons. The lowest BCUT2D eigenvalue weighted by atomic mass is 9.92. The highest BCUT2D eigenvalue weighted by molar-refractivity contribution is 6.15. The quantitative estimate of drug-likeness (QED) is 0.166. The van der Waals surface area contributed by atoms with E-state index in [-0.39, 0.29) is 0 Å². The van der Waals surface area contributed by atoms with E-state index in [0.29, 0.717) is 5.82 Å². The first-order chi connectivity index (χ1) is 27.7. The van der Waals surface area contributed by atoms with Crippen LogP contribution in [0.1, 0.15) is 0 Å². The molecule has 0 aliphatic carbocycles. The van der Waals surface area contributed by atoms with E-state index in [0.717, 1.165) is 33.6 Å². The smallest absolute Gasteiger partial charge is 0.160 e. The zero-order valence-electron chi connectivity index (χ0n) is 30.5. The van der Waals surface area contributed by atoms with Crippen LogP contribution < -0.4 is 0 Å². The molecule has 0 saturated carbocycles. The fourth-order valence-corrected chi connectivity index (χ4v) is 8.42. The second-order valence-corrected chi connectivity index (χ2v) is 14.6. The van der Waals surface area contributed by atoms with Crippen molar-refractivity contribution in [2.45, 2.75) is 0 Å². The van der Waals surface area contributed by atoms with Gasteiger partial charge < -0.3 is 0 Å². The number of fused-ring (bicyclic) bond motifs is 7. The summed E-state index contributed by atoms with van der Waals surface area (Å²) in [4.78, 5) is 10.6. The molecule has 0 saturated heterocycles. The number of nitrogens with zero attached hydrogens (tertiary/aromatic N) is 2. The summed E-state index contributed by atoms with van der Waals surface area (Å²) >= 11 is 0. The minimum absolute atomic E-state index is 0.699. The molecule has 1 heterocycles. The van der Waals surface area contributed by atoms with Gasteiger partial charge in [-0.25, -0.2) is 9.97 Å². The monoisotopic (exact) mass is 710 g/mol. The van der Waals surface area contributed by atoms with Gasteiger partial charge in [0.1, 0.15) is 0 Å². The Hall–Kier alpha value is -7.42. The maximum absolute atomic E-state index is 5.32. The highest BCUT2D eigenvalue weighted by Crippen LogP contribution is 2.39. The Kier molecular flexibility index (Phi) is 7.53. The van der Waals surface area contributed by atoms with Crippen LogP contribution in [-0.2, 0) is 0 Å². The van der Waals surface area contributed by atoms with Crippen LogP contribution in [0.25, 0.3) is 110 Å². The van der Waals surface area contributed by atoms with Gasteiger partial charge in [0.15, 0.2) is 5.82 Å². The predicted molar refractivity (Wildman–Crippen MR) is 237 cm³/mol. The molecule has 0 atom stereocenters. The molecule has 0 fully saturated rings. The van der Waals surface area contributed by atoms with Crippen molar-refractivity contribution >= 4 is 53.9 Å². The van der Waals surface area contributed by atoms with Crippen molar-refractivity contribution in [3.05, 3.63) is 206 Å². The lowest BCUT2D eigenvalue weighted by Crippen LogP contribution is -1.97. The van der Waals surface area contributed by atoms with E-state index in [1.165, 1.54) is 70.6 Å². The van der Waals surface area contributed by atoms with E-state index >= 15 is 0 Å². The van der Waals surface area contributed by atoms with E-state index in [9.17, 15) is 0 Å². The molecule has 56 heavy (non-hydrogen) atoms. The minimum atomic E-state index is 0.699. The van der Waals surface area contributed by atoms with Crippen LogP contribution in [0.5, 0.6) is 0 Å². The average Bonchev–Trinajstić information content (AvgIpc) is 3.28.